The summed E-state index contributed by atoms with van der Waals surface area (Å²) in [6.45, 7) is 0.952. The van der Waals surface area contributed by atoms with Crippen molar-refractivity contribution in [2.24, 2.45) is 11.7 Å². The molecule has 1 fully saturated rings. The van der Waals surface area contributed by atoms with Gasteiger partial charge in [-0.25, -0.2) is 0 Å². The van der Waals surface area contributed by atoms with E-state index >= 15 is 0 Å². The van der Waals surface area contributed by atoms with Gasteiger partial charge in [-0.15, -0.1) is 12.4 Å². The van der Waals surface area contributed by atoms with Crippen LogP contribution in [0.2, 0.25) is 5.02 Å². The maximum atomic E-state index is 11.8. The fourth-order valence-electron chi connectivity index (χ4n) is 2.52. The van der Waals surface area contributed by atoms with E-state index in [2.05, 4.69) is 5.32 Å². The van der Waals surface area contributed by atoms with Gasteiger partial charge >= 0.3 is 0 Å². The van der Waals surface area contributed by atoms with E-state index in [1.807, 2.05) is 12.1 Å². The smallest absolute Gasteiger partial charge is 0.220 e. The second kappa shape index (κ2) is 9.13. The second-order valence-electron chi connectivity index (χ2n) is 5.21. The van der Waals surface area contributed by atoms with E-state index in [0.717, 1.165) is 25.0 Å². The van der Waals surface area contributed by atoms with Gasteiger partial charge in [-0.2, -0.15) is 0 Å². The van der Waals surface area contributed by atoms with Crippen LogP contribution in [-0.2, 0) is 4.79 Å². The highest BCUT2D eigenvalue weighted by Gasteiger charge is 2.25. The predicted octanol–water partition coefficient (Wildman–Crippen LogP) is 2.77. The minimum absolute atomic E-state index is 0. The number of ether oxygens (including phenoxy) is 1. The molecule has 0 unspecified atom stereocenters. The molecule has 1 aromatic rings. The maximum Gasteiger partial charge on any atom is 0.220 e. The predicted molar refractivity (Wildman–Crippen MR) is 87.1 cm³/mol. The van der Waals surface area contributed by atoms with Crippen LogP contribution < -0.4 is 15.8 Å². The topological polar surface area (TPSA) is 64.4 Å². The molecule has 0 radical (unpaired) electrons. The Labute approximate surface area is 136 Å². The van der Waals surface area contributed by atoms with Gasteiger partial charge in [0.15, 0.2) is 0 Å². The average molecular weight is 333 g/mol. The van der Waals surface area contributed by atoms with E-state index in [1.165, 1.54) is 0 Å². The molecule has 0 aromatic heterocycles. The SMILES string of the molecule is Cl.N[C@@H]1CCC[C@H]1CC(=O)NCCOc1ccc(Cl)cc1. The van der Waals surface area contributed by atoms with Crippen molar-refractivity contribution in [3.63, 3.8) is 0 Å². The van der Waals surface area contributed by atoms with E-state index in [0.29, 0.717) is 30.5 Å². The summed E-state index contributed by atoms with van der Waals surface area (Å²) >= 11 is 5.78. The molecule has 0 saturated heterocycles. The average Bonchev–Trinajstić information content (AvgIpc) is 2.82. The summed E-state index contributed by atoms with van der Waals surface area (Å²) in [6, 6.07) is 7.35. The van der Waals surface area contributed by atoms with Crippen molar-refractivity contribution in [2.45, 2.75) is 31.7 Å². The Morgan fingerprint density at radius 2 is 2.05 bits per heavy atom. The molecule has 1 aromatic carbocycles. The van der Waals surface area contributed by atoms with Crippen molar-refractivity contribution >= 4 is 29.9 Å². The molecule has 3 N–H and O–H groups in total. The lowest BCUT2D eigenvalue weighted by atomic mass is 10.00. The summed E-state index contributed by atoms with van der Waals surface area (Å²) in [5, 5.41) is 3.55. The van der Waals surface area contributed by atoms with Gasteiger partial charge in [-0.05, 0) is 43.0 Å². The monoisotopic (exact) mass is 332 g/mol. The molecule has 1 amide bonds. The van der Waals surface area contributed by atoms with Crippen LogP contribution in [0, 0.1) is 5.92 Å². The maximum absolute atomic E-state index is 11.8. The number of hydrogen-bond acceptors (Lipinski definition) is 3. The van der Waals surface area contributed by atoms with E-state index in [-0.39, 0.29) is 24.4 Å². The summed E-state index contributed by atoms with van der Waals surface area (Å²) in [6.07, 6.45) is 3.77. The van der Waals surface area contributed by atoms with Gasteiger partial charge in [0.2, 0.25) is 5.91 Å². The van der Waals surface area contributed by atoms with Crippen molar-refractivity contribution in [1.29, 1.82) is 0 Å². The van der Waals surface area contributed by atoms with Crippen molar-refractivity contribution in [2.75, 3.05) is 13.2 Å². The molecule has 0 aliphatic heterocycles. The van der Waals surface area contributed by atoms with Crippen LogP contribution in [0.1, 0.15) is 25.7 Å². The van der Waals surface area contributed by atoms with Crippen LogP contribution in [-0.4, -0.2) is 25.1 Å². The molecule has 1 aliphatic rings. The largest absolute Gasteiger partial charge is 0.492 e. The van der Waals surface area contributed by atoms with Crippen LogP contribution in [0.25, 0.3) is 0 Å². The molecule has 0 bridgehead atoms. The minimum Gasteiger partial charge on any atom is -0.492 e. The van der Waals surface area contributed by atoms with E-state index in [1.54, 1.807) is 12.1 Å². The van der Waals surface area contributed by atoms with Gasteiger partial charge in [0.1, 0.15) is 12.4 Å². The number of carbonyl (C=O) groups excluding carboxylic acids is 1. The Balaban J connectivity index is 0.00000220. The molecule has 0 heterocycles. The van der Waals surface area contributed by atoms with Crippen molar-refractivity contribution < 1.29 is 9.53 Å². The van der Waals surface area contributed by atoms with Crippen LogP contribution in [0.5, 0.6) is 5.75 Å². The number of hydrogen-bond donors (Lipinski definition) is 2. The number of nitrogens with two attached hydrogens (primary N) is 1. The molecule has 2 atom stereocenters. The highest BCUT2D eigenvalue weighted by molar-refractivity contribution is 6.30. The normalized spacial score (nSPS) is 20.7. The summed E-state index contributed by atoms with van der Waals surface area (Å²) < 4.78 is 5.50. The standard InChI is InChI=1S/C15H21ClN2O2.ClH/c16-12-4-6-13(7-5-12)20-9-8-18-15(19)10-11-2-1-3-14(11)17;/h4-7,11,14H,1-3,8-10,17H2,(H,18,19);1H/t11-,14+;/m0./s1. The lowest BCUT2D eigenvalue weighted by Crippen LogP contribution is -2.33. The first kappa shape index (κ1) is 18.1. The fraction of sp³-hybridized carbons (Fsp3) is 0.533. The first-order valence-corrected chi connectivity index (χ1v) is 7.43. The number of rotatable bonds is 6. The number of halogens is 2. The quantitative estimate of drug-likeness (QED) is 0.787. The zero-order chi connectivity index (χ0) is 14.4. The molecule has 4 nitrogen and oxygen atoms in total. The van der Waals surface area contributed by atoms with E-state index in [4.69, 9.17) is 22.1 Å². The van der Waals surface area contributed by atoms with Crippen LogP contribution in [0.3, 0.4) is 0 Å². The summed E-state index contributed by atoms with van der Waals surface area (Å²) in [5.41, 5.74) is 5.95. The zero-order valence-electron chi connectivity index (χ0n) is 11.9. The molecule has 6 heteroatoms. The third kappa shape index (κ3) is 6.12. The second-order valence-corrected chi connectivity index (χ2v) is 5.65. The van der Waals surface area contributed by atoms with Crippen molar-refractivity contribution in [1.82, 2.24) is 5.32 Å². The highest BCUT2D eigenvalue weighted by atomic mass is 35.5. The Bertz CT molecular complexity index is 440. The van der Waals surface area contributed by atoms with Gasteiger partial charge in [0, 0.05) is 17.5 Å². The van der Waals surface area contributed by atoms with Gasteiger partial charge in [0.05, 0.1) is 6.54 Å². The highest BCUT2D eigenvalue weighted by Crippen LogP contribution is 2.26. The van der Waals surface area contributed by atoms with Crippen LogP contribution >= 0.6 is 24.0 Å². The molecule has 0 spiro atoms. The first-order chi connectivity index (χ1) is 9.65. The Hall–Kier alpha value is -0.970. The lowest BCUT2D eigenvalue weighted by molar-refractivity contribution is -0.122. The van der Waals surface area contributed by atoms with Crippen LogP contribution in [0.15, 0.2) is 24.3 Å². The summed E-state index contributed by atoms with van der Waals surface area (Å²) in [7, 11) is 0. The number of nitrogens with one attached hydrogen (secondary N) is 1. The Morgan fingerprint density at radius 1 is 1.33 bits per heavy atom. The van der Waals surface area contributed by atoms with Crippen molar-refractivity contribution in [3.05, 3.63) is 29.3 Å². The number of carbonyl (C=O) groups is 1. The molecule has 2 rings (SSSR count). The van der Waals surface area contributed by atoms with Gasteiger partial charge < -0.3 is 15.8 Å². The van der Waals surface area contributed by atoms with Gasteiger partial charge in [-0.1, -0.05) is 18.0 Å². The first-order valence-electron chi connectivity index (χ1n) is 7.06. The molecule has 1 aliphatic carbocycles. The minimum atomic E-state index is 0. The fourth-order valence-corrected chi connectivity index (χ4v) is 2.65. The Kier molecular flexibility index (Phi) is 7.86. The molecule has 118 valence electrons. The number of amides is 1. The lowest BCUT2D eigenvalue weighted by Gasteiger charge is -2.14. The zero-order valence-corrected chi connectivity index (χ0v) is 13.5. The summed E-state index contributed by atoms with van der Waals surface area (Å²) in [5.74, 6) is 1.15. The summed E-state index contributed by atoms with van der Waals surface area (Å²) in [4.78, 5) is 11.8. The molecular weight excluding hydrogens is 311 g/mol. The number of benzene rings is 1. The third-order valence-electron chi connectivity index (χ3n) is 3.67. The van der Waals surface area contributed by atoms with Crippen LogP contribution in [0.4, 0.5) is 0 Å². The van der Waals surface area contributed by atoms with Gasteiger partial charge in [-0.3, -0.25) is 4.79 Å². The van der Waals surface area contributed by atoms with Gasteiger partial charge in [0.25, 0.3) is 0 Å². The molecular formula is C15H22Cl2N2O2. The van der Waals surface area contributed by atoms with E-state index in [9.17, 15) is 4.79 Å². The molecule has 1 saturated carbocycles. The third-order valence-corrected chi connectivity index (χ3v) is 3.92. The van der Waals surface area contributed by atoms with Crippen molar-refractivity contribution in [3.8, 4) is 5.75 Å². The molecule has 21 heavy (non-hydrogen) atoms. The Morgan fingerprint density at radius 3 is 2.67 bits per heavy atom. The van der Waals surface area contributed by atoms with E-state index < -0.39 is 0 Å².